The quantitative estimate of drug-likeness (QED) is 0.785. The van der Waals surface area contributed by atoms with Gasteiger partial charge in [0.05, 0.1) is 0 Å². The molecule has 1 atom stereocenters. The van der Waals surface area contributed by atoms with E-state index in [0.717, 1.165) is 17.9 Å². The van der Waals surface area contributed by atoms with Crippen LogP contribution in [0.2, 0.25) is 0 Å². The molecule has 1 aromatic rings. The maximum atomic E-state index is 12.0. The standard InChI is InChI=1S/C11H16FNS.ClH/c12-8-11(13)6-7-14-9-10-4-2-1-3-5-10;/h1-5,11H,6-9,13H2;1H. The van der Waals surface area contributed by atoms with E-state index in [0.29, 0.717) is 0 Å². The Balaban J connectivity index is 0.00000196. The smallest absolute Gasteiger partial charge is 0.105 e. The Kier molecular flexibility index (Phi) is 8.86. The van der Waals surface area contributed by atoms with E-state index in [1.54, 1.807) is 11.8 Å². The van der Waals surface area contributed by atoms with Gasteiger partial charge in [-0.1, -0.05) is 30.3 Å². The maximum Gasteiger partial charge on any atom is 0.105 e. The highest BCUT2D eigenvalue weighted by molar-refractivity contribution is 7.98. The van der Waals surface area contributed by atoms with E-state index in [4.69, 9.17) is 5.73 Å². The third-order valence-electron chi connectivity index (χ3n) is 1.94. The molecular weight excluding hydrogens is 233 g/mol. The molecule has 15 heavy (non-hydrogen) atoms. The highest BCUT2D eigenvalue weighted by Gasteiger charge is 2.00. The Bertz CT molecular complexity index is 246. The number of alkyl halides is 1. The molecular formula is C11H17ClFNS. The van der Waals surface area contributed by atoms with Crippen LogP contribution >= 0.6 is 24.2 Å². The molecule has 1 aromatic carbocycles. The van der Waals surface area contributed by atoms with Crippen molar-refractivity contribution in [2.24, 2.45) is 5.73 Å². The summed E-state index contributed by atoms with van der Waals surface area (Å²) in [6.45, 7) is -0.411. The molecule has 86 valence electrons. The number of rotatable bonds is 6. The van der Waals surface area contributed by atoms with Crippen molar-refractivity contribution in [2.75, 3.05) is 12.4 Å². The molecule has 0 amide bonds. The van der Waals surface area contributed by atoms with Gasteiger partial charge in [-0.3, -0.25) is 0 Å². The van der Waals surface area contributed by atoms with Crippen LogP contribution in [0, 0.1) is 0 Å². The Morgan fingerprint density at radius 3 is 2.53 bits per heavy atom. The molecule has 2 N–H and O–H groups in total. The van der Waals surface area contributed by atoms with E-state index < -0.39 is 6.67 Å². The molecule has 0 fully saturated rings. The minimum Gasteiger partial charge on any atom is -0.325 e. The zero-order chi connectivity index (χ0) is 10.2. The molecule has 1 unspecified atom stereocenters. The van der Waals surface area contributed by atoms with Crippen molar-refractivity contribution in [2.45, 2.75) is 18.2 Å². The number of halogens is 2. The fourth-order valence-electron chi connectivity index (χ4n) is 1.08. The predicted octanol–water partition coefficient (Wildman–Crippen LogP) is 3.03. The second-order valence-corrected chi connectivity index (χ2v) is 4.35. The Morgan fingerprint density at radius 1 is 1.27 bits per heavy atom. The SMILES string of the molecule is Cl.NC(CF)CCSCc1ccccc1. The van der Waals surface area contributed by atoms with Gasteiger partial charge in [0.1, 0.15) is 6.67 Å². The molecule has 1 nitrogen and oxygen atoms in total. The lowest BCUT2D eigenvalue weighted by atomic mass is 10.2. The molecule has 0 aliphatic heterocycles. The molecule has 0 aromatic heterocycles. The van der Waals surface area contributed by atoms with E-state index in [2.05, 4.69) is 12.1 Å². The molecule has 0 saturated heterocycles. The Hall–Kier alpha value is -0.250. The van der Waals surface area contributed by atoms with E-state index >= 15 is 0 Å². The van der Waals surface area contributed by atoms with Crippen molar-refractivity contribution in [3.8, 4) is 0 Å². The van der Waals surface area contributed by atoms with E-state index in [9.17, 15) is 4.39 Å². The van der Waals surface area contributed by atoms with Gasteiger partial charge in [-0.25, -0.2) is 4.39 Å². The van der Waals surface area contributed by atoms with Crippen molar-refractivity contribution in [3.63, 3.8) is 0 Å². The van der Waals surface area contributed by atoms with Gasteiger partial charge in [-0.05, 0) is 17.7 Å². The Labute approximate surface area is 101 Å². The third kappa shape index (κ3) is 6.77. The zero-order valence-corrected chi connectivity index (χ0v) is 10.2. The van der Waals surface area contributed by atoms with Gasteiger partial charge < -0.3 is 5.73 Å². The monoisotopic (exact) mass is 249 g/mol. The summed E-state index contributed by atoms with van der Waals surface area (Å²) in [6.07, 6.45) is 0.758. The first-order valence-electron chi connectivity index (χ1n) is 4.76. The van der Waals surface area contributed by atoms with E-state index in [1.807, 2.05) is 18.2 Å². The first-order valence-corrected chi connectivity index (χ1v) is 5.91. The second kappa shape index (κ2) is 9.01. The predicted molar refractivity (Wildman–Crippen MR) is 68.4 cm³/mol. The summed E-state index contributed by atoms with van der Waals surface area (Å²) in [5, 5.41) is 0. The van der Waals surface area contributed by atoms with E-state index in [-0.39, 0.29) is 18.4 Å². The van der Waals surface area contributed by atoms with Gasteiger partial charge in [0.15, 0.2) is 0 Å². The van der Waals surface area contributed by atoms with Gasteiger partial charge in [-0.15, -0.1) is 12.4 Å². The average molecular weight is 250 g/mol. The number of hydrogen-bond donors (Lipinski definition) is 1. The van der Waals surface area contributed by atoms with Gasteiger partial charge >= 0.3 is 0 Å². The second-order valence-electron chi connectivity index (χ2n) is 3.24. The van der Waals surface area contributed by atoms with Crippen LogP contribution < -0.4 is 5.73 Å². The van der Waals surface area contributed by atoms with Crippen LogP contribution in [0.1, 0.15) is 12.0 Å². The van der Waals surface area contributed by atoms with Gasteiger partial charge in [0, 0.05) is 11.8 Å². The van der Waals surface area contributed by atoms with Crippen LogP contribution in [0.3, 0.4) is 0 Å². The minimum atomic E-state index is -0.411. The largest absolute Gasteiger partial charge is 0.325 e. The topological polar surface area (TPSA) is 26.0 Å². The lowest BCUT2D eigenvalue weighted by molar-refractivity contribution is 0.423. The summed E-state index contributed by atoms with van der Waals surface area (Å²) in [7, 11) is 0. The Morgan fingerprint density at radius 2 is 1.93 bits per heavy atom. The highest BCUT2D eigenvalue weighted by atomic mass is 35.5. The normalized spacial score (nSPS) is 11.9. The summed E-state index contributed by atoms with van der Waals surface area (Å²) >= 11 is 1.80. The van der Waals surface area contributed by atoms with Crippen LogP contribution in [0.4, 0.5) is 4.39 Å². The lowest BCUT2D eigenvalue weighted by Crippen LogP contribution is -2.22. The number of nitrogens with two attached hydrogens (primary N) is 1. The van der Waals surface area contributed by atoms with Crippen LogP contribution in [0.25, 0.3) is 0 Å². The summed E-state index contributed by atoms with van der Waals surface area (Å²) in [5.74, 6) is 1.92. The van der Waals surface area contributed by atoms with Crippen molar-refractivity contribution in [3.05, 3.63) is 35.9 Å². The van der Waals surface area contributed by atoms with Crippen molar-refractivity contribution >= 4 is 24.2 Å². The zero-order valence-electron chi connectivity index (χ0n) is 8.56. The number of benzene rings is 1. The molecule has 0 aliphatic rings. The van der Waals surface area contributed by atoms with Crippen LogP contribution in [0.15, 0.2) is 30.3 Å². The minimum absolute atomic E-state index is 0. The van der Waals surface area contributed by atoms with Crippen molar-refractivity contribution < 1.29 is 4.39 Å². The highest BCUT2D eigenvalue weighted by Crippen LogP contribution is 2.13. The van der Waals surface area contributed by atoms with Crippen molar-refractivity contribution in [1.82, 2.24) is 0 Å². The molecule has 0 spiro atoms. The molecule has 4 heteroatoms. The fourth-order valence-corrected chi connectivity index (χ4v) is 2.12. The molecule has 0 heterocycles. The summed E-state index contributed by atoms with van der Waals surface area (Å²) in [5.41, 5.74) is 6.78. The van der Waals surface area contributed by atoms with Crippen LogP contribution in [0.5, 0.6) is 0 Å². The van der Waals surface area contributed by atoms with Gasteiger partial charge in [0.25, 0.3) is 0 Å². The third-order valence-corrected chi connectivity index (χ3v) is 3.00. The molecule has 0 aliphatic carbocycles. The molecule has 0 radical (unpaired) electrons. The number of hydrogen-bond acceptors (Lipinski definition) is 2. The summed E-state index contributed by atoms with van der Waals surface area (Å²) < 4.78 is 12.0. The van der Waals surface area contributed by atoms with Crippen molar-refractivity contribution in [1.29, 1.82) is 0 Å². The maximum absolute atomic E-state index is 12.0. The van der Waals surface area contributed by atoms with Crippen LogP contribution in [-0.4, -0.2) is 18.5 Å². The van der Waals surface area contributed by atoms with Gasteiger partial charge in [0.2, 0.25) is 0 Å². The number of thioether (sulfide) groups is 1. The first-order chi connectivity index (χ1) is 6.83. The van der Waals surface area contributed by atoms with Gasteiger partial charge in [-0.2, -0.15) is 11.8 Å². The molecule has 1 rings (SSSR count). The summed E-state index contributed by atoms with van der Waals surface area (Å²) in [4.78, 5) is 0. The first kappa shape index (κ1) is 14.8. The fraction of sp³-hybridized carbons (Fsp3) is 0.455. The molecule has 0 bridgehead atoms. The van der Waals surface area contributed by atoms with Crippen LogP contribution in [-0.2, 0) is 5.75 Å². The average Bonchev–Trinajstić information content (AvgIpc) is 2.25. The lowest BCUT2D eigenvalue weighted by Gasteiger charge is -2.06. The molecule has 0 saturated carbocycles. The summed E-state index contributed by atoms with van der Waals surface area (Å²) in [6, 6.07) is 9.99. The van der Waals surface area contributed by atoms with E-state index in [1.165, 1.54) is 5.56 Å².